The molecule has 0 aromatic rings. The number of allylic oxidation sites excluding steroid dienone is 3. The minimum Gasteiger partial charge on any atom is -1.00 e. The molecular weight excluding hydrogens is 253 g/mol. The minimum atomic E-state index is 0. The molecule has 0 aromatic carbocycles. The summed E-state index contributed by atoms with van der Waals surface area (Å²) in [5, 5.41) is 0. The predicted octanol–water partition coefficient (Wildman–Crippen LogP) is -0.501. The van der Waals surface area contributed by atoms with Crippen molar-refractivity contribution in [3.05, 3.63) is 36.0 Å². The molecule has 0 saturated carbocycles. The maximum Gasteiger partial charge on any atom is 0.0165 e. The first-order valence-electron chi connectivity index (χ1n) is 3.26. The largest absolute Gasteiger partial charge is 1.00 e. The van der Waals surface area contributed by atoms with Crippen LogP contribution in [-0.4, -0.2) is 0 Å². The first kappa shape index (κ1) is 13.9. The van der Waals surface area contributed by atoms with E-state index in [1.165, 1.54) is 5.57 Å². The Morgan fingerprint density at radius 1 is 1.27 bits per heavy atom. The average Bonchev–Trinajstić information content (AvgIpc) is 1.90. The van der Waals surface area contributed by atoms with Crippen molar-refractivity contribution in [3.63, 3.8) is 0 Å². The maximum absolute atomic E-state index is 2.99. The Morgan fingerprint density at radius 3 is 2.18 bits per heavy atom. The number of rotatable bonds is 1. The molecule has 0 amide bonds. The van der Waals surface area contributed by atoms with Crippen LogP contribution in [0.15, 0.2) is 29.5 Å². The van der Waals surface area contributed by atoms with E-state index in [-0.39, 0.29) is 36.5 Å². The van der Waals surface area contributed by atoms with Crippen LogP contribution >= 0.6 is 0 Å². The molecule has 1 rings (SSSR count). The third-order valence-electron chi connectivity index (χ3n) is 1.41. The first-order valence-corrected chi connectivity index (χ1v) is 3.26. The van der Waals surface area contributed by atoms with E-state index in [2.05, 4.69) is 32.1 Å². The van der Waals surface area contributed by atoms with Crippen molar-refractivity contribution >= 4 is 0 Å². The summed E-state index contributed by atoms with van der Waals surface area (Å²) in [5.41, 5.74) is 4.37. The van der Waals surface area contributed by atoms with Gasteiger partial charge in [-0.1, -0.05) is 25.5 Å². The first-order chi connectivity index (χ1) is 4.30. The predicted molar refractivity (Wildman–Crippen MR) is 39.9 cm³/mol. The topological polar surface area (TPSA) is 0 Å². The van der Waals surface area contributed by atoms with Crippen LogP contribution in [0.1, 0.15) is 13.8 Å². The summed E-state index contributed by atoms with van der Waals surface area (Å²) in [6.45, 7) is 4.38. The van der Waals surface area contributed by atoms with Gasteiger partial charge in [0.05, 0.1) is 0 Å². The van der Waals surface area contributed by atoms with Crippen LogP contribution in [0.5, 0.6) is 0 Å². The van der Waals surface area contributed by atoms with Crippen LogP contribution in [-0.2, 0) is 19.5 Å². The molecule has 0 aromatic heterocycles. The molecule has 2 heteroatoms. The number of halogens is 1. The van der Waals surface area contributed by atoms with Gasteiger partial charge in [-0.2, -0.15) is 0 Å². The second-order valence-electron chi connectivity index (χ2n) is 2.49. The van der Waals surface area contributed by atoms with Gasteiger partial charge < -0.3 is 17.0 Å². The third kappa shape index (κ3) is 4.74. The van der Waals surface area contributed by atoms with Crippen molar-refractivity contribution in [1.82, 2.24) is 0 Å². The fraction of sp³-hybridized carbons (Fsp3) is 0.333. The normalized spacial score (nSPS) is 13.5. The molecule has 11 heavy (non-hydrogen) atoms. The molecule has 0 heterocycles. The van der Waals surface area contributed by atoms with Gasteiger partial charge in [0.1, 0.15) is 0 Å². The van der Waals surface area contributed by atoms with Gasteiger partial charge in [-0.15, -0.1) is 5.73 Å². The summed E-state index contributed by atoms with van der Waals surface area (Å²) in [4.78, 5) is 0. The zero-order chi connectivity index (χ0) is 6.69. The van der Waals surface area contributed by atoms with Crippen LogP contribution in [0.2, 0.25) is 0 Å². The molecule has 0 bridgehead atoms. The number of hydrogen-bond donors (Lipinski definition) is 0. The zero-order valence-electron chi connectivity index (χ0n) is 6.97. The van der Waals surface area contributed by atoms with Gasteiger partial charge in [0, 0.05) is 25.9 Å². The summed E-state index contributed by atoms with van der Waals surface area (Å²) >= 11 is 0. The van der Waals surface area contributed by atoms with Crippen LogP contribution in [0.25, 0.3) is 0 Å². The Kier molecular flexibility index (Phi) is 8.90. The van der Waals surface area contributed by atoms with Gasteiger partial charge in [-0.25, -0.2) is 0 Å². The molecular formula is C9H11BrZn-. The van der Waals surface area contributed by atoms with E-state index in [4.69, 9.17) is 0 Å². The van der Waals surface area contributed by atoms with E-state index in [1.807, 2.05) is 12.2 Å². The second kappa shape index (κ2) is 7.04. The Morgan fingerprint density at radius 2 is 1.91 bits per heavy atom. The van der Waals surface area contributed by atoms with Crippen molar-refractivity contribution in [3.8, 4) is 0 Å². The van der Waals surface area contributed by atoms with Gasteiger partial charge >= 0.3 is 0 Å². The van der Waals surface area contributed by atoms with E-state index in [9.17, 15) is 0 Å². The van der Waals surface area contributed by atoms with Crippen molar-refractivity contribution in [1.29, 1.82) is 0 Å². The maximum atomic E-state index is 2.99. The van der Waals surface area contributed by atoms with Crippen molar-refractivity contribution in [2.45, 2.75) is 13.8 Å². The quantitative estimate of drug-likeness (QED) is 0.442. The van der Waals surface area contributed by atoms with Crippen LogP contribution in [0.4, 0.5) is 0 Å². The van der Waals surface area contributed by atoms with Gasteiger partial charge in [0.25, 0.3) is 0 Å². The monoisotopic (exact) mass is 262 g/mol. The van der Waals surface area contributed by atoms with Crippen molar-refractivity contribution in [2.75, 3.05) is 0 Å². The Labute approximate surface area is 92.0 Å². The zero-order valence-corrected chi connectivity index (χ0v) is 11.5. The Hall–Kier alpha value is 0.363. The molecule has 0 nitrogen and oxygen atoms in total. The molecule has 0 atom stereocenters. The molecule has 0 spiro atoms. The summed E-state index contributed by atoms with van der Waals surface area (Å²) in [7, 11) is 0. The fourth-order valence-corrected chi connectivity index (χ4v) is 0.785. The smallest absolute Gasteiger partial charge is 0.0165 e. The molecule has 0 saturated heterocycles. The van der Waals surface area contributed by atoms with Gasteiger partial charge in [-0.05, 0) is 18.1 Å². The molecule has 1 aliphatic carbocycles. The second-order valence-corrected chi connectivity index (χ2v) is 2.49. The van der Waals surface area contributed by atoms with E-state index < -0.39 is 0 Å². The summed E-state index contributed by atoms with van der Waals surface area (Å²) in [6.07, 6.45) is 8.11. The van der Waals surface area contributed by atoms with Crippen LogP contribution in [0, 0.1) is 12.3 Å². The fourth-order valence-electron chi connectivity index (χ4n) is 0.785. The van der Waals surface area contributed by atoms with E-state index in [0.29, 0.717) is 5.92 Å². The molecule has 1 radical (unpaired) electrons. The van der Waals surface area contributed by atoms with Crippen molar-refractivity contribution < 1.29 is 36.5 Å². The molecule has 0 N–H and O–H groups in total. The molecule has 1 aliphatic rings. The van der Waals surface area contributed by atoms with E-state index in [1.54, 1.807) is 0 Å². The molecule has 0 aliphatic heterocycles. The van der Waals surface area contributed by atoms with Crippen LogP contribution in [0.3, 0.4) is 0 Å². The SMILES string of the molecule is CC(C)C1=CC=C=C[CH]1.[Br-].[Zn]. The number of hydrogen-bond acceptors (Lipinski definition) is 0. The standard InChI is InChI=1S/C9H11.BrH.Zn/c1-8(2)9-6-4-3-5-7-9;;/h4-8H,1-2H3;1H;/p-1. The minimum absolute atomic E-state index is 0. The van der Waals surface area contributed by atoms with E-state index in [0.717, 1.165) is 0 Å². The molecule has 0 fully saturated rings. The third-order valence-corrected chi connectivity index (χ3v) is 1.41. The Balaban J connectivity index is 0. The van der Waals surface area contributed by atoms with Gasteiger partial charge in [0.15, 0.2) is 0 Å². The summed E-state index contributed by atoms with van der Waals surface area (Å²) < 4.78 is 0. The van der Waals surface area contributed by atoms with Crippen LogP contribution < -0.4 is 17.0 Å². The Bertz CT molecular complexity index is 186. The van der Waals surface area contributed by atoms with Crippen molar-refractivity contribution in [2.24, 2.45) is 5.92 Å². The molecule has 0 unspecified atom stereocenters. The average molecular weight is 264 g/mol. The van der Waals surface area contributed by atoms with E-state index >= 15 is 0 Å². The van der Waals surface area contributed by atoms with Gasteiger partial charge in [0.2, 0.25) is 0 Å². The van der Waals surface area contributed by atoms with Gasteiger partial charge in [-0.3, -0.25) is 0 Å². The summed E-state index contributed by atoms with van der Waals surface area (Å²) in [5.74, 6) is 0.639. The summed E-state index contributed by atoms with van der Waals surface area (Å²) in [6, 6.07) is 0. The molecule has 57 valence electrons.